The van der Waals surface area contributed by atoms with Crippen LogP contribution in [0.4, 0.5) is 9.18 Å². The molecule has 3 amide bonds. The number of carbonyl (C=O) groups is 3. The number of ether oxygens (including phenoxy) is 2. The summed E-state index contributed by atoms with van der Waals surface area (Å²) in [5.41, 5.74) is -0.376. The molecule has 1 spiro atoms. The minimum Gasteiger partial charge on any atom is -0.496 e. The standard InChI is InChI=1S/C23H31FN2O5/c1-5-22(2,3)16-8-10-23(11-9-16)20(28)26(21(29)25-23)13-19(27)31-14-15-12-17(24)6-7-18(15)30-4/h6-7,12,16H,5,8-11,13-14H2,1-4H3,(H,25,29). The number of nitrogens with zero attached hydrogens (tertiary/aromatic N) is 1. The quantitative estimate of drug-likeness (QED) is 0.521. The molecule has 1 aliphatic carbocycles. The van der Waals surface area contributed by atoms with Crippen molar-refractivity contribution >= 4 is 17.9 Å². The maximum atomic E-state index is 13.5. The molecule has 1 aromatic rings. The van der Waals surface area contributed by atoms with Gasteiger partial charge in [-0.2, -0.15) is 0 Å². The third kappa shape index (κ3) is 4.67. The predicted octanol–water partition coefficient (Wildman–Crippen LogP) is 3.79. The average Bonchev–Trinajstić information content (AvgIpc) is 2.96. The number of esters is 1. The molecule has 0 aromatic heterocycles. The lowest BCUT2D eigenvalue weighted by Crippen LogP contribution is -2.51. The van der Waals surface area contributed by atoms with Gasteiger partial charge in [-0.3, -0.25) is 14.5 Å². The maximum absolute atomic E-state index is 13.5. The molecular formula is C23H31FN2O5. The van der Waals surface area contributed by atoms with E-state index in [2.05, 4.69) is 26.1 Å². The summed E-state index contributed by atoms with van der Waals surface area (Å²) in [5.74, 6) is -0.717. The molecule has 170 valence electrons. The van der Waals surface area contributed by atoms with Crippen molar-refractivity contribution in [1.82, 2.24) is 10.2 Å². The molecule has 1 heterocycles. The summed E-state index contributed by atoms with van der Waals surface area (Å²) in [6.45, 7) is 5.94. The first-order chi connectivity index (χ1) is 14.6. The Hall–Kier alpha value is -2.64. The molecule has 0 radical (unpaired) electrons. The molecule has 3 rings (SSSR count). The van der Waals surface area contributed by atoms with E-state index in [1.54, 1.807) is 0 Å². The summed E-state index contributed by atoms with van der Waals surface area (Å²) in [6, 6.07) is 3.33. The molecule has 0 atom stereocenters. The zero-order valence-electron chi connectivity index (χ0n) is 18.6. The van der Waals surface area contributed by atoms with Gasteiger partial charge in [-0.1, -0.05) is 27.2 Å². The highest BCUT2D eigenvalue weighted by Gasteiger charge is 2.53. The molecule has 8 heteroatoms. The highest BCUT2D eigenvalue weighted by atomic mass is 19.1. The van der Waals surface area contributed by atoms with E-state index in [0.29, 0.717) is 30.1 Å². The Kier molecular flexibility index (Phi) is 6.57. The van der Waals surface area contributed by atoms with Crippen LogP contribution in [0.25, 0.3) is 0 Å². The van der Waals surface area contributed by atoms with Crippen molar-refractivity contribution in [2.45, 2.75) is 65.0 Å². The van der Waals surface area contributed by atoms with Gasteiger partial charge in [-0.25, -0.2) is 9.18 Å². The average molecular weight is 435 g/mol. The van der Waals surface area contributed by atoms with Gasteiger partial charge in [0.2, 0.25) is 0 Å². The minimum absolute atomic E-state index is 0.189. The second-order valence-electron chi connectivity index (χ2n) is 9.14. The molecule has 1 saturated heterocycles. The van der Waals surface area contributed by atoms with E-state index in [1.807, 2.05) is 0 Å². The van der Waals surface area contributed by atoms with Crippen molar-refractivity contribution in [2.75, 3.05) is 13.7 Å². The lowest BCUT2D eigenvalue weighted by molar-refractivity contribution is -0.149. The summed E-state index contributed by atoms with van der Waals surface area (Å²) in [6.07, 6.45) is 3.89. The smallest absolute Gasteiger partial charge is 0.326 e. The van der Waals surface area contributed by atoms with Crippen LogP contribution < -0.4 is 10.1 Å². The van der Waals surface area contributed by atoms with E-state index in [9.17, 15) is 18.8 Å². The number of hydrogen-bond donors (Lipinski definition) is 1. The number of urea groups is 1. The van der Waals surface area contributed by atoms with Gasteiger partial charge >= 0.3 is 12.0 Å². The summed E-state index contributed by atoms with van der Waals surface area (Å²) in [5, 5.41) is 2.82. The number of imide groups is 1. The predicted molar refractivity (Wildman–Crippen MR) is 112 cm³/mol. The van der Waals surface area contributed by atoms with Crippen molar-refractivity contribution in [2.24, 2.45) is 11.3 Å². The monoisotopic (exact) mass is 434 g/mol. The van der Waals surface area contributed by atoms with Crippen LogP contribution in [0.15, 0.2) is 18.2 Å². The van der Waals surface area contributed by atoms with E-state index < -0.39 is 29.9 Å². The van der Waals surface area contributed by atoms with E-state index in [0.717, 1.165) is 24.2 Å². The van der Waals surface area contributed by atoms with E-state index >= 15 is 0 Å². The van der Waals surface area contributed by atoms with Crippen LogP contribution >= 0.6 is 0 Å². The number of hydrogen-bond acceptors (Lipinski definition) is 5. The Balaban J connectivity index is 1.59. The van der Waals surface area contributed by atoms with Crippen molar-refractivity contribution < 1.29 is 28.2 Å². The first-order valence-corrected chi connectivity index (χ1v) is 10.7. The van der Waals surface area contributed by atoms with Gasteiger partial charge in [0.05, 0.1) is 7.11 Å². The zero-order valence-corrected chi connectivity index (χ0v) is 18.6. The van der Waals surface area contributed by atoms with Crippen LogP contribution in [0.2, 0.25) is 0 Å². The fraction of sp³-hybridized carbons (Fsp3) is 0.609. The van der Waals surface area contributed by atoms with E-state index in [-0.39, 0.29) is 17.9 Å². The van der Waals surface area contributed by atoms with Crippen molar-refractivity contribution in [3.8, 4) is 5.75 Å². The fourth-order valence-electron chi connectivity index (χ4n) is 4.53. The van der Waals surface area contributed by atoms with Crippen molar-refractivity contribution in [3.63, 3.8) is 0 Å². The zero-order chi connectivity index (χ0) is 22.8. The minimum atomic E-state index is -0.927. The lowest BCUT2D eigenvalue weighted by Gasteiger charge is -2.42. The second kappa shape index (κ2) is 8.85. The Morgan fingerprint density at radius 1 is 1.29 bits per heavy atom. The first kappa shape index (κ1) is 23.0. The maximum Gasteiger partial charge on any atom is 0.326 e. The van der Waals surface area contributed by atoms with Gasteiger partial charge in [0.15, 0.2) is 0 Å². The SMILES string of the molecule is CCC(C)(C)C1CCC2(CC1)NC(=O)N(CC(=O)OCc1cc(F)ccc1OC)C2=O. The topological polar surface area (TPSA) is 84.9 Å². The van der Waals surface area contributed by atoms with Crippen LogP contribution in [-0.2, 0) is 20.9 Å². The van der Waals surface area contributed by atoms with Gasteiger partial charge in [0, 0.05) is 5.56 Å². The molecular weight excluding hydrogens is 403 g/mol. The largest absolute Gasteiger partial charge is 0.496 e. The molecule has 1 aliphatic heterocycles. The molecule has 2 aliphatic rings. The third-order valence-electron chi connectivity index (χ3n) is 7.02. The summed E-state index contributed by atoms with van der Waals surface area (Å²) in [7, 11) is 1.43. The Morgan fingerprint density at radius 3 is 2.58 bits per heavy atom. The summed E-state index contributed by atoms with van der Waals surface area (Å²) in [4.78, 5) is 38.7. The summed E-state index contributed by atoms with van der Waals surface area (Å²) < 4.78 is 23.8. The molecule has 0 bridgehead atoms. The number of amides is 3. The second-order valence-corrected chi connectivity index (χ2v) is 9.14. The Bertz CT molecular complexity index is 862. The van der Waals surface area contributed by atoms with E-state index in [1.165, 1.54) is 25.3 Å². The van der Waals surface area contributed by atoms with Crippen molar-refractivity contribution in [3.05, 3.63) is 29.6 Å². The number of methoxy groups -OCH3 is 1. The molecule has 0 unspecified atom stereocenters. The number of carbonyl (C=O) groups excluding carboxylic acids is 3. The van der Waals surface area contributed by atoms with Crippen LogP contribution in [-0.4, -0.2) is 42.0 Å². The number of benzene rings is 1. The van der Waals surface area contributed by atoms with Crippen LogP contribution in [0.1, 0.15) is 58.4 Å². The number of halogens is 1. The molecule has 1 saturated carbocycles. The molecule has 1 N–H and O–H groups in total. The molecule has 1 aromatic carbocycles. The van der Waals surface area contributed by atoms with Gasteiger partial charge < -0.3 is 14.8 Å². The Morgan fingerprint density at radius 2 is 1.97 bits per heavy atom. The Labute approximate surface area is 182 Å². The van der Waals surface area contributed by atoms with Gasteiger partial charge in [-0.05, 0) is 55.2 Å². The molecule has 7 nitrogen and oxygen atoms in total. The molecule has 2 fully saturated rings. The highest BCUT2D eigenvalue weighted by Crippen LogP contribution is 2.45. The van der Waals surface area contributed by atoms with Gasteiger partial charge in [0.1, 0.15) is 30.3 Å². The first-order valence-electron chi connectivity index (χ1n) is 10.7. The summed E-state index contributed by atoms with van der Waals surface area (Å²) >= 11 is 0. The fourth-order valence-corrected chi connectivity index (χ4v) is 4.53. The van der Waals surface area contributed by atoms with Crippen LogP contribution in [0, 0.1) is 17.2 Å². The normalized spacial score (nSPS) is 23.8. The van der Waals surface area contributed by atoms with Crippen LogP contribution in [0.3, 0.4) is 0 Å². The van der Waals surface area contributed by atoms with Gasteiger partial charge in [0.25, 0.3) is 5.91 Å². The van der Waals surface area contributed by atoms with Crippen LogP contribution in [0.5, 0.6) is 5.75 Å². The highest BCUT2D eigenvalue weighted by molar-refractivity contribution is 6.08. The van der Waals surface area contributed by atoms with E-state index in [4.69, 9.17) is 9.47 Å². The number of rotatable bonds is 7. The number of nitrogens with one attached hydrogen (secondary N) is 1. The van der Waals surface area contributed by atoms with Crippen molar-refractivity contribution in [1.29, 1.82) is 0 Å². The van der Waals surface area contributed by atoms with Gasteiger partial charge in [-0.15, -0.1) is 0 Å². The third-order valence-corrected chi connectivity index (χ3v) is 7.02. The molecule has 31 heavy (non-hydrogen) atoms. The lowest BCUT2D eigenvalue weighted by atomic mass is 9.65.